The summed E-state index contributed by atoms with van der Waals surface area (Å²) in [5.41, 5.74) is 3.31. The number of carbonyl (C=O) groups excluding carboxylic acids is 1. The van der Waals surface area contributed by atoms with Crippen molar-refractivity contribution in [3.63, 3.8) is 0 Å². The first-order chi connectivity index (χ1) is 15.9. The lowest BCUT2D eigenvalue weighted by Crippen LogP contribution is -2.35. The molecular weight excluding hydrogens is 438 g/mol. The molecule has 1 saturated heterocycles. The van der Waals surface area contributed by atoms with Crippen LogP contribution >= 0.6 is 11.6 Å². The van der Waals surface area contributed by atoms with E-state index in [1.807, 2.05) is 37.3 Å². The molecule has 0 radical (unpaired) electrons. The minimum atomic E-state index is -0.619. The lowest BCUT2D eigenvalue weighted by atomic mass is 10.0. The van der Waals surface area contributed by atoms with Gasteiger partial charge in [-0.1, -0.05) is 29.8 Å². The van der Waals surface area contributed by atoms with Crippen LogP contribution in [0.1, 0.15) is 59.1 Å². The van der Waals surface area contributed by atoms with E-state index in [9.17, 15) is 9.90 Å². The summed E-state index contributed by atoms with van der Waals surface area (Å²) in [6.45, 7) is 1.94. The highest BCUT2D eigenvalue weighted by Gasteiger charge is 2.30. The molecule has 1 amide bonds. The quantitative estimate of drug-likeness (QED) is 0.516. The van der Waals surface area contributed by atoms with E-state index < -0.39 is 6.10 Å². The molecule has 2 unspecified atom stereocenters. The van der Waals surface area contributed by atoms with Gasteiger partial charge in [-0.25, -0.2) is 4.98 Å². The molecule has 33 heavy (non-hydrogen) atoms. The van der Waals surface area contributed by atoms with Crippen molar-refractivity contribution in [2.24, 2.45) is 0 Å². The number of rotatable bonds is 7. The Morgan fingerprint density at radius 1 is 1.15 bits per heavy atom. The molecule has 7 nitrogen and oxygen atoms in total. The third-order valence-corrected chi connectivity index (χ3v) is 6.57. The third-order valence-electron chi connectivity index (χ3n) is 6.34. The molecule has 0 aliphatic carbocycles. The van der Waals surface area contributed by atoms with Crippen molar-refractivity contribution in [2.45, 2.75) is 50.4 Å². The Kier molecular flexibility index (Phi) is 7.33. The molecule has 3 heterocycles. The van der Waals surface area contributed by atoms with Crippen LogP contribution in [0.3, 0.4) is 0 Å². The van der Waals surface area contributed by atoms with Crippen LogP contribution in [-0.4, -0.2) is 50.0 Å². The topological polar surface area (TPSA) is 91.2 Å². The van der Waals surface area contributed by atoms with Crippen LogP contribution in [0.2, 0.25) is 5.15 Å². The van der Waals surface area contributed by atoms with Gasteiger partial charge in [0.25, 0.3) is 5.91 Å². The molecule has 2 N–H and O–H groups in total. The van der Waals surface area contributed by atoms with Crippen molar-refractivity contribution < 1.29 is 9.90 Å². The molecule has 8 heteroatoms. The molecule has 4 rings (SSSR count). The average Bonchev–Trinajstić information content (AvgIpc) is 3.32. The summed E-state index contributed by atoms with van der Waals surface area (Å²) in [6, 6.07) is 11.3. The minimum absolute atomic E-state index is 0.0185. The first-order valence-corrected chi connectivity index (χ1v) is 11.5. The second-order valence-electron chi connectivity index (χ2n) is 8.53. The Labute approximate surface area is 198 Å². The van der Waals surface area contributed by atoms with Crippen LogP contribution in [-0.2, 0) is 6.42 Å². The fourth-order valence-corrected chi connectivity index (χ4v) is 4.34. The molecule has 0 spiro atoms. The first-order valence-electron chi connectivity index (χ1n) is 11.1. The maximum absolute atomic E-state index is 12.9. The smallest absolute Gasteiger partial charge is 0.254 e. The van der Waals surface area contributed by atoms with Crippen LogP contribution in [0.15, 0.2) is 61.2 Å². The van der Waals surface area contributed by atoms with Crippen molar-refractivity contribution >= 4 is 17.5 Å². The number of amides is 1. The summed E-state index contributed by atoms with van der Waals surface area (Å²) < 4.78 is 0. The van der Waals surface area contributed by atoms with Gasteiger partial charge in [0.1, 0.15) is 5.15 Å². The Morgan fingerprint density at radius 2 is 1.94 bits per heavy atom. The Balaban J connectivity index is 1.33. The van der Waals surface area contributed by atoms with E-state index in [4.69, 9.17) is 11.6 Å². The number of hydrogen-bond acceptors (Lipinski definition) is 6. The molecule has 0 bridgehead atoms. The van der Waals surface area contributed by atoms with Gasteiger partial charge in [-0.3, -0.25) is 14.8 Å². The highest BCUT2D eigenvalue weighted by atomic mass is 35.5. The van der Waals surface area contributed by atoms with Crippen molar-refractivity contribution in [3.05, 3.63) is 88.7 Å². The number of nitrogens with one attached hydrogen (secondary N) is 1. The number of carbonyl (C=O) groups is 1. The Hall–Kier alpha value is -2.87. The number of aliphatic hydroxyl groups is 1. The zero-order valence-electron chi connectivity index (χ0n) is 18.7. The highest BCUT2D eigenvalue weighted by molar-refractivity contribution is 6.29. The normalized spacial score (nSPS) is 19.8. The van der Waals surface area contributed by atoms with Gasteiger partial charge in [-0.15, -0.1) is 0 Å². The van der Waals surface area contributed by atoms with Crippen LogP contribution in [0.4, 0.5) is 0 Å². The highest BCUT2D eigenvalue weighted by Crippen LogP contribution is 2.27. The Morgan fingerprint density at radius 3 is 2.61 bits per heavy atom. The predicted molar refractivity (Wildman–Crippen MR) is 127 cm³/mol. The van der Waals surface area contributed by atoms with E-state index in [1.165, 1.54) is 0 Å². The maximum atomic E-state index is 12.9. The number of nitrogens with zero attached hydrogens (tertiary/aromatic N) is 4. The van der Waals surface area contributed by atoms with Crippen LogP contribution < -0.4 is 5.32 Å². The summed E-state index contributed by atoms with van der Waals surface area (Å²) in [4.78, 5) is 27.0. The monoisotopic (exact) mass is 465 g/mol. The molecule has 1 fully saturated rings. The SMILES string of the molecule is CC(c1cnccn1)N(C)C(=O)c1ccc(C[C@@H]2CC[C@H](C(O)c3ccc(Cl)nc3)N2)cc1. The molecule has 1 aliphatic heterocycles. The van der Waals surface area contributed by atoms with Gasteiger partial charge in [0.15, 0.2) is 0 Å². The van der Waals surface area contributed by atoms with E-state index in [0.29, 0.717) is 10.7 Å². The van der Waals surface area contributed by atoms with E-state index in [0.717, 1.165) is 36.1 Å². The number of aliphatic hydroxyl groups excluding tert-OH is 1. The zero-order valence-corrected chi connectivity index (χ0v) is 19.5. The van der Waals surface area contributed by atoms with Crippen LogP contribution in [0, 0.1) is 0 Å². The van der Waals surface area contributed by atoms with Crippen LogP contribution in [0.5, 0.6) is 0 Å². The van der Waals surface area contributed by atoms with Crippen molar-refractivity contribution in [1.29, 1.82) is 0 Å². The van der Waals surface area contributed by atoms with Gasteiger partial charge in [0.2, 0.25) is 0 Å². The molecular formula is C25H28ClN5O2. The standard InChI is InChI=1S/C25H28ClN5O2/c1-16(22-15-27-11-12-28-22)31(2)25(33)18-5-3-17(4-6-18)13-20-8-9-21(30-20)24(32)19-7-10-23(26)29-14-19/h3-7,10-12,14-16,20-21,24,30,32H,8-9,13H2,1-2H3/t16?,20-,21+,24?/m0/s1. The number of halogens is 1. The minimum Gasteiger partial charge on any atom is -0.387 e. The van der Waals surface area contributed by atoms with Gasteiger partial charge >= 0.3 is 0 Å². The largest absolute Gasteiger partial charge is 0.387 e. The fourth-order valence-electron chi connectivity index (χ4n) is 4.23. The van der Waals surface area contributed by atoms with Gasteiger partial charge in [0, 0.05) is 48.8 Å². The Bertz CT molecular complexity index is 1060. The third kappa shape index (κ3) is 5.55. The lowest BCUT2D eigenvalue weighted by Gasteiger charge is -2.24. The average molecular weight is 466 g/mol. The molecule has 4 atom stereocenters. The van der Waals surface area contributed by atoms with Crippen LogP contribution in [0.25, 0.3) is 0 Å². The summed E-state index contributed by atoms with van der Waals surface area (Å²) in [5.74, 6) is -0.0570. The molecule has 172 valence electrons. The summed E-state index contributed by atoms with van der Waals surface area (Å²) >= 11 is 5.84. The van der Waals surface area contributed by atoms with Crippen molar-refractivity contribution in [1.82, 2.24) is 25.2 Å². The molecule has 0 saturated carbocycles. The van der Waals surface area contributed by atoms with E-state index >= 15 is 0 Å². The molecule has 3 aromatic rings. The maximum Gasteiger partial charge on any atom is 0.254 e. The van der Waals surface area contributed by atoms with Gasteiger partial charge in [-0.2, -0.15) is 0 Å². The number of hydrogen-bond donors (Lipinski definition) is 2. The predicted octanol–water partition coefficient (Wildman–Crippen LogP) is 3.75. The summed E-state index contributed by atoms with van der Waals surface area (Å²) in [7, 11) is 1.78. The summed E-state index contributed by atoms with van der Waals surface area (Å²) in [6.07, 6.45) is 8.63. The second kappa shape index (κ2) is 10.4. The summed E-state index contributed by atoms with van der Waals surface area (Å²) in [5, 5.41) is 14.6. The number of aromatic nitrogens is 3. The second-order valence-corrected chi connectivity index (χ2v) is 8.92. The van der Waals surface area contributed by atoms with Crippen molar-refractivity contribution in [2.75, 3.05) is 7.05 Å². The molecule has 1 aliphatic rings. The zero-order chi connectivity index (χ0) is 23.4. The van der Waals surface area contributed by atoms with Gasteiger partial charge in [0.05, 0.1) is 24.0 Å². The van der Waals surface area contributed by atoms with E-state index in [1.54, 1.807) is 42.8 Å². The van der Waals surface area contributed by atoms with Crippen molar-refractivity contribution in [3.8, 4) is 0 Å². The van der Waals surface area contributed by atoms with Gasteiger partial charge < -0.3 is 15.3 Å². The first kappa shape index (κ1) is 23.3. The van der Waals surface area contributed by atoms with Gasteiger partial charge in [-0.05, 0) is 49.9 Å². The van der Waals surface area contributed by atoms with E-state index in [-0.39, 0.29) is 24.0 Å². The fraction of sp³-hybridized carbons (Fsp3) is 0.360. The molecule has 2 aromatic heterocycles. The lowest BCUT2D eigenvalue weighted by molar-refractivity contribution is 0.0739. The van der Waals surface area contributed by atoms with E-state index in [2.05, 4.69) is 20.3 Å². The number of benzene rings is 1. The number of pyridine rings is 1. The molecule has 1 aromatic carbocycles.